The number of hydrogen-bond donors (Lipinski definition) is 3. The zero-order valence-corrected chi connectivity index (χ0v) is 36.5. The third-order valence-electron chi connectivity index (χ3n) is 7.93. The van der Waals surface area contributed by atoms with Crippen molar-refractivity contribution in [2.45, 2.75) is 129 Å². The van der Waals surface area contributed by atoms with Crippen LogP contribution in [-0.4, -0.2) is 65.7 Å². The molecule has 0 bridgehead atoms. The Morgan fingerprint density at radius 2 is 0.983 bits per heavy atom. The predicted molar refractivity (Wildman–Crippen MR) is 241 cm³/mol. The number of ether oxygens (including phenoxy) is 2. The topological polar surface area (TPSA) is 149 Å². The van der Waals surface area contributed by atoms with E-state index in [-0.39, 0.29) is 19.4 Å². The summed E-state index contributed by atoms with van der Waals surface area (Å²) < 4.78 is 32.6. The molecule has 59 heavy (non-hydrogen) atoms. The number of unbranched alkanes of at least 4 members (excludes halogenated alkanes) is 5. The van der Waals surface area contributed by atoms with Crippen LogP contribution in [0.4, 0.5) is 0 Å². The monoisotopic (exact) mass is 840 g/mol. The van der Waals surface area contributed by atoms with Crippen LogP contribution in [0.3, 0.4) is 0 Å². The zero-order chi connectivity index (χ0) is 43.3. The lowest BCUT2D eigenvalue weighted by molar-refractivity contribution is -0.161. The van der Waals surface area contributed by atoms with Crippen LogP contribution in [-0.2, 0) is 32.7 Å². The molecular weight excluding hydrogens is 767 g/mol. The van der Waals surface area contributed by atoms with Gasteiger partial charge in [0.25, 0.3) is 0 Å². The molecule has 0 amide bonds. The van der Waals surface area contributed by atoms with E-state index in [0.29, 0.717) is 19.3 Å². The maximum atomic E-state index is 12.5. The summed E-state index contributed by atoms with van der Waals surface area (Å²) in [6, 6.07) is 0. The lowest BCUT2D eigenvalue weighted by Crippen LogP contribution is -2.29. The highest BCUT2D eigenvalue weighted by Crippen LogP contribution is 2.43. The van der Waals surface area contributed by atoms with Crippen molar-refractivity contribution in [1.29, 1.82) is 0 Å². The smallest absolute Gasteiger partial charge is 0.462 e. The molecule has 2 unspecified atom stereocenters. The lowest BCUT2D eigenvalue weighted by atomic mass is 10.1. The number of phosphoric ester groups is 1. The number of aliphatic hydroxyl groups excluding tert-OH is 2. The summed E-state index contributed by atoms with van der Waals surface area (Å²) in [5.74, 6) is -1.06. The van der Waals surface area contributed by atoms with Gasteiger partial charge < -0.3 is 24.6 Å². The van der Waals surface area contributed by atoms with Gasteiger partial charge in [-0.25, -0.2) is 4.57 Å². The van der Waals surface area contributed by atoms with Crippen molar-refractivity contribution in [3.63, 3.8) is 0 Å². The number of aliphatic hydroxyl groups is 2. The number of hydrogen-bond acceptors (Lipinski definition) is 9. The summed E-state index contributed by atoms with van der Waals surface area (Å²) in [6.45, 7) is 1.96. The molecular formula is C48H73O10P. The first-order valence-electron chi connectivity index (χ1n) is 21.2. The molecule has 330 valence electrons. The largest absolute Gasteiger partial charge is 0.472 e. The van der Waals surface area contributed by atoms with Gasteiger partial charge in [0.1, 0.15) is 12.7 Å². The Morgan fingerprint density at radius 3 is 1.54 bits per heavy atom. The van der Waals surface area contributed by atoms with Crippen molar-refractivity contribution in [3.05, 3.63) is 134 Å². The third kappa shape index (κ3) is 42.1. The zero-order valence-electron chi connectivity index (χ0n) is 35.6. The Balaban J connectivity index is 4.43. The molecule has 0 heterocycles. The molecule has 11 heteroatoms. The molecule has 0 saturated heterocycles. The van der Waals surface area contributed by atoms with Gasteiger partial charge in [-0.2, -0.15) is 0 Å². The van der Waals surface area contributed by atoms with Crippen LogP contribution in [0.25, 0.3) is 0 Å². The van der Waals surface area contributed by atoms with Crippen LogP contribution >= 0.6 is 7.82 Å². The number of phosphoric acid groups is 1. The fourth-order valence-electron chi connectivity index (χ4n) is 4.73. The van der Waals surface area contributed by atoms with Crippen LogP contribution in [0.5, 0.6) is 0 Å². The van der Waals surface area contributed by atoms with Gasteiger partial charge in [0.2, 0.25) is 0 Å². The molecule has 0 aromatic rings. The highest BCUT2D eigenvalue weighted by Gasteiger charge is 2.27. The summed E-state index contributed by atoms with van der Waals surface area (Å²) in [5, 5.41) is 18.3. The molecule has 0 aromatic heterocycles. The molecule has 3 atom stereocenters. The fourth-order valence-corrected chi connectivity index (χ4v) is 5.52. The number of allylic oxidation sites excluding steroid dienone is 22. The molecule has 0 fully saturated rings. The summed E-state index contributed by atoms with van der Waals surface area (Å²) in [7, 11) is -4.65. The number of rotatable bonds is 37. The second kappa shape index (κ2) is 42.2. The van der Waals surface area contributed by atoms with E-state index in [4.69, 9.17) is 19.1 Å². The number of carbonyl (C=O) groups excluding carboxylic acids is 2. The molecule has 3 N–H and O–H groups in total. The third-order valence-corrected chi connectivity index (χ3v) is 8.88. The molecule has 0 aliphatic rings. The van der Waals surface area contributed by atoms with Gasteiger partial charge in [0, 0.05) is 12.8 Å². The van der Waals surface area contributed by atoms with E-state index in [0.717, 1.165) is 70.6 Å². The highest BCUT2D eigenvalue weighted by atomic mass is 31.2. The van der Waals surface area contributed by atoms with E-state index in [2.05, 4.69) is 97.4 Å². The van der Waals surface area contributed by atoms with Crippen molar-refractivity contribution in [3.8, 4) is 0 Å². The average molecular weight is 841 g/mol. The lowest BCUT2D eigenvalue weighted by Gasteiger charge is -2.20. The van der Waals surface area contributed by atoms with E-state index < -0.39 is 51.8 Å². The van der Waals surface area contributed by atoms with Gasteiger partial charge in [0.15, 0.2) is 6.10 Å². The van der Waals surface area contributed by atoms with Crippen molar-refractivity contribution in [2.75, 3.05) is 26.4 Å². The molecule has 0 radical (unpaired) electrons. The SMILES string of the molecule is CC/C=C/C=C/C=C/C=C/C=C/CCCC(=O)OC(COC(=O)CCCCCC/C=C/C/C=C/C/C=C/C/C=C/C/C=C/C/C=C/CC)COP(=O)(O)OC[C@H](O)CO. The van der Waals surface area contributed by atoms with Gasteiger partial charge in [0.05, 0.1) is 19.8 Å². The summed E-state index contributed by atoms with van der Waals surface area (Å²) >= 11 is 0. The molecule has 0 rings (SSSR count). The average Bonchev–Trinajstić information content (AvgIpc) is 3.22. The first-order valence-corrected chi connectivity index (χ1v) is 22.7. The van der Waals surface area contributed by atoms with E-state index in [1.54, 1.807) is 0 Å². The van der Waals surface area contributed by atoms with E-state index >= 15 is 0 Å². The van der Waals surface area contributed by atoms with Gasteiger partial charge in [-0.15, -0.1) is 0 Å². The molecule has 0 aliphatic carbocycles. The predicted octanol–water partition coefficient (Wildman–Crippen LogP) is 11.3. The van der Waals surface area contributed by atoms with E-state index in [9.17, 15) is 24.2 Å². The first-order chi connectivity index (χ1) is 28.7. The van der Waals surface area contributed by atoms with Crippen molar-refractivity contribution in [1.82, 2.24) is 0 Å². The second-order valence-corrected chi connectivity index (χ2v) is 14.8. The van der Waals surface area contributed by atoms with E-state index in [1.807, 2.05) is 54.7 Å². The van der Waals surface area contributed by atoms with Gasteiger partial charge in [-0.3, -0.25) is 18.6 Å². The molecule has 0 spiro atoms. The van der Waals surface area contributed by atoms with Gasteiger partial charge in [-0.1, -0.05) is 160 Å². The Labute approximate surface area is 355 Å². The molecule has 0 aliphatic heterocycles. The second-order valence-electron chi connectivity index (χ2n) is 13.4. The fraction of sp³-hybridized carbons (Fsp3) is 0.500. The number of carbonyl (C=O) groups is 2. The Bertz CT molecular complexity index is 1430. The Morgan fingerprint density at radius 1 is 0.525 bits per heavy atom. The van der Waals surface area contributed by atoms with Crippen LogP contribution in [0.15, 0.2) is 134 Å². The minimum atomic E-state index is -4.65. The first kappa shape index (κ1) is 55.1. The molecule has 0 saturated carbocycles. The normalized spacial score (nSPS) is 15.1. The van der Waals surface area contributed by atoms with Gasteiger partial charge in [-0.05, 0) is 77.0 Å². The number of esters is 2. The molecule has 0 aromatic carbocycles. The summed E-state index contributed by atoms with van der Waals surface area (Å²) in [6.07, 6.45) is 55.8. The van der Waals surface area contributed by atoms with Crippen molar-refractivity contribution in [2.24, 2.45) is 0 Å². The van der Waals surface area contributed by atoms with Crippen LogP contribution < -0.4 is 0 Å². The summed E-state index contributed by atoms with van der Waals surface area (Å²) in [4.78, 5) is 34.9. The van der Waals surface area contributed by atoms with Crippen molar-refractivity contribution < 1.29 is 47.8 Å². The minimum Gasteiger partial charge on any atom is -0.462 e. The van der Waals surface area contributed by atoms with Crippen molar-refractivity contribution >= 4 is 19.8 Å². The standard InChI is InChI=1S/C48H73O10P/c1-3-5-7-9-11-13-15-17-18-19-20-21-22-23-24-25-26-28-29-31-33-35-37-39-47(51)55-43-46(44-57-59(53,54)56-42-45(50)41-49)58-48(52)40-38-36-34-32-30-27-16-14-12-10-8-6-4-2/h5-8,10-14,16-18,20-21,23-24,26-28,30,32,34,45-46,49-50H,3-4,9,15,19,22,25,29,31,33,35-44H2,1-2H3,(H,53,54)/b7-5+,8-6+,12-10+,13-11+,16-14+,18-17+,21-20+,24-23+,28-26+,30-27+,34-32+/t45-,46?/m1/s1. The Hall–Kier alpha value is -3.89. The maximum absolute atomic E-state index is 12.5. The quantitative estimate of drug-likeness (QED) is 0.0181. The molecule has 10 nitrogen and oxygen atoms in total. The van der Waals surface area contributed by atoms with Gasteiger partial charge >= 0.3 is 19.8 Å². The van der Waals surface area contributed by atoms with Crippen LogP contribution in [0.2, 0.25) is 0 Å². The summed E-state index contributed by atoms with van der Waals surface area (Å²) in [5.41, 5.74) is 0. The minimum absolute atomic E-state index is 0.0724. The van der Waals surface area contributed by atoms with Crippen LogP contribution in [0.1, 0.15) is 117 Å². The van der Waals surface area contributed by atoms with E-state index in [1.165, 1.54) is 0 Å². The Kier molecular flexibility index (Phi) is 39.5. The highest BCUT2D eigenvalue weighted by molar-refractivity contribution is 7.47. The maximum Gasteiger partial charge on any atom is 0.472 e. The van der Waals surface area contributed by atoms with Crippen LogP contribution in [0, 0.1) is 0 Å².